The molecule has 1 amide bonds. The van der Waals surface area contributed by atoms with Gasteiger partial charge in [-0.25, -0.2) is 4.98 Å². The largest absolute Gasteiger partial charge is 0.507 e. The third-order valence-corrected chi connectivity index (χ3v) is 4.82. The van der Waals surface area contributed by atoms with Gasteiger partial charge in [-0.15, -0.1) is 0 Å². The molecule has 0 aliphatic rings. The molecule has 0 atom stereocenters. The van der Waals surface area contributed by atoms with Gasteiger partial charge in [0.15, 0.2) is 5.58 Å². The number of fused-ring (bicyclic) bond motifs is 1. The zero-order valence-electron chi connectivity index (χ0n) is 16.4. The van der Waals surface area contributed by atoms with Crippen LogP contribution in [0.25, 0.3) is 22.6 Å². The molecule has 3 aromatic carbocycles. The lowest BCUT2D eigenvalue weighted by molar-refractivity contribution is 0.102. The number of carbonyl (C=O) groups is 1. The van der Waals surface area contributed by atoms with Gasteiger partial charge in [0, 0.05) is 17.3 Å². The minimum atomic E-state index is -0.357. The number of benzene rings is 3. The molecule has 0 aliphatic heterocycles. The van der Waals surface area contributed by atoms with E-state index in [1.807, 2.05) is 32.0 Å². The lowest BCUT2D eigenvalue weighted by Gasteiger charge is -2.09. The van der Waals surface area contributed by atoms with Gasteiger partial charge in [-0.2, -0.15) is 0 Å². The van der Waals surface area contributed by atoms with Gasteiger partial charge in [0.05, 0.1) is 17.2 Å². The maximum atomic E-state index is 12.5. The Kier molecular flexibility index (Phi) is 5.33. The molecule has 1 aromatic heterocycles. The van der Waals surface area contributed by atoms with E-state index < -0.39 is 0 Å². The van der Waals surface area contributed by atoms with Crippen LogP contribution in [0.5, 0.6) is 11.5 Å². The number of oxazole rings is 1. The van der Waals surface area contributed by atoms with E-state index in [0.29, 0.717) is 51.2 Å². The first-order valence-electron chi connectivity index (χ1n) is 9.39. The van der Waals surface area contributed by atoms with Gasteiger partial charge in [-0.05, 0) is 61.9 Å². The SMILES string of the molecule is CCOc1ccc(C(=O)Nc2ccc(-c3nc4cc(C)ccc4o3)c(O)c2)cc1Cl. The first-order chi connectivity index (χ1) is 14.4. The predicted octanol–water partition coefficient (Wildman–Crippen LogP) is 5.81. The van der Waals surface area contributed by atoms with Crippen LogP contribution >= 0.6 is 11.6 Å². The minimum absolute atomic E-state index is 0.0548. The highest BCUT2D eigenvalue weighted by Crippen LogP contribution is 2.33. The average Bonchev–Trinajstić information content (AvgIpc) is 3.12. The van der Waals surface area contributed by atoms with Crippen molar-refractivity contribution in [3.05, 3.63) is 70.7 Å². The van der Waals surface area contributed by atoms with Crippen LogP contribution in [0.3, 0.4) is 0 Å². The molecular formula is C23H19ClN2O4. The molecule has 7 heteroatoms. The summed E-state index contributed by atoms with van der Waals surface area (Å²) < 4.78 is 11.1. The molecule has 0 bridgehead atoms. The molecule has 4 rings (SSSR count). The van der Waals surface area contributed by atoms with Crippen molar-refractivity contribution in [3.63, 3.8) is 0 Å². The number of aromatic nitrogens is 1. The number of anilines is 1. The summed E-state index contributed by atoms with van der Waals surface area (Å²) >= 11 is 6.15. The van der Waals surface area contributed by atoms with Crippen LogP contribution in [0, 0.1) is 6.92 Å². The van der Waals surface area contributed by atoms with E-state index >= 15 is 0 Å². The summed E-state index contributed by atoms with van der Waals surface area (Å²) in [7, 11) is 0. The van der Waals surface area contributed by atoms with Crippen molar-refractivity contribution in [2.75, 3.05) is 11.9 Å². The second-order valence-corrected chi connectivity index (χ2v) is 7.16. The second kappa shape index (κ2) is 8.08. The van der Waals surface area contributed by atoms with Gasteiger partial charge in [0.25, 0.3) is 5.91 Å². The Bertz CT molecular complexity index is 1250. The second-order valence-electron chi connectivity index (χ2n) is 6.75. The number of aromatic hydroxyl groups is 1. The molecule has 6 nitrogen and oxygen atoms in total. The van der Waals surface area contributed by atoms with Crippen molar-refractivity contribution in [1.29, 1.82) is 0 Å². The highest BCUT2D eigenvalue weighted by molar-refractivity contribution is 6.32. The topological polar surface area (TPSA) is 84.6 Å². The molecule has 0 radical (unpaired) electrons. The summed E-state index contributed by atoms with van der Waals surface area (Å²) in [6.45, 7) is 4.31. The fourth-order valence-electron chi connectivity index (χ4n) is 3.06. The van der Waals surface area contributed by atoms with E-state index in [1.54, 1.807) is 24.3 Å². The first-order valence-corrected chi connectivity index (χ1v) is 9.76. The number of amides is 1. The summed E-state index contributed by atoms with van der Waals surface area (Å²) in [5.74, 6) is 0.417. The summed E-state index contributed by atoms with van der Waals surface area (Å²) in [4.78, 5) is 17.0. The van der Waals surface area contributed by atoms with Gasteiger partial charge in [-0.1, -0.05) is 17.7 Å². The van der Waals surface area contributed by atoms with E-state index in [-0.39, 0.29) is 11.7 Å². The first kappa shape index (κ1) is 19.8. The number of aryl methyl sites for hydroxylation is 1. The Morgan fingerprint density at radius 1 is 1.17 bits per heavy atom. The highest BCUT2D eigenvalue weighted by atomic mass is 35.5. The maximum absolute atomic E-state index is 12.5. The molecule has 0 fully saturated rings. The number of ether oxygens (including phenoxy) is 1. The number of carbonyl (C=O) groups excluding carboxylic acids is 1. The number of phenols is 1. The quantitative estimate of drug-likeness (QED) is 0.423. The fourth-order valence-corrected chi connectivity index (χ4v) is 3.30. The van der Waals surface area contributed by atoms with Crippen molar-refractivity contribution in [3.8, 4) is 23.0 Å². The molecule has 0 spiro atoms. The van der Waals surface area contributed by atoms with Crippen LogP contribution in [0.4, 0.5) is 5.69 Å². The molecule has 0 saturated carbocycles. The third-order valence-electron chi connectivity index (χ3n) is 4.52. The van der Waals surface area contributed by atoms with Gasteiger partial charge in [0.1, 0.15) is 17.0 Å². The number of hydrogen-bond donors (Lipinski definition) is 2. The van der Waals surface area contributed by atoms with Crippen LogP contribution in [0.1, 0.15) is 22.8 Å². The number of rotatable bonds is 5. The third kappa shape index (κ3) is 3.95. The van der Waals surface area contributed by atoms with E-state index in [4.69, 9.17) is 20.8 Å². The monoisotopic (exact) mass is 422 g/mol. The standard InChI is InChI=1S/C23H19ClN2O4/c1-3-29-20-9-5-14(11-17(20)24)22(28)25-15-6-7-16(19(27)12-15)23-26-18-10-13(2)4-8-21(18)30-23/h4-12,27H,3H2,1-2H3,(H,25,28). The Labute approximate surface area is 178 Å². The molecule has 2 N–H and O–H groups in total. The van der Waals surface area contributed by atoms with E-state index in [2.05, 4.69) is 10.3 Å². The van der Waals surface area contributed by atoms with E-state index in [0.717, 1.165) is 5.56 Å². The van der Waals surface area contributed by atoms with Crippen molar-refractivity contribution < 1.29 is 19.1 Å². The lowest BCUT2D eigenvalue weighted by atomic mass is 10.1. The van der Waals surface area contributed by atoms with Crippen LogP contribution in [0.2, 0.25) is 5.02 Å². The van der Waals surface area contributed by atoms with Crippen LogP contribution < -0.4 is 10.1 Å². The predicted molar refractivity (Wildman–Crippen MR) is 116 cm³/mol. The smallest absolute Gasteiger partial charge is 0.255 e. The highest BCUT2D eigenvalue weighted by Gasteiger charge is 2.15. The Hall–Kier alpha value is -3.51. The molecule has 1 heterocycles. The van der Waals surface area contributed by atoms with Crippen LogP contribution in [-0.4, -0.2) is 22.6 Å². The summed E-state index contributed by atoms with van der Waals surface area (Å²) in [6.07, 6.45) is 0. The van der Waals surface area contributed by atoms with Gasteiger partial charge in [-0.3, -0.25) is 4.79 Å². The van der Waals surface area contributed by atoms with Crippen LogP contribution in [0.15, 0.2) is 59.0 Å². The van der Waals surface area contributed by atoms with Crippen molar-refractivity contribution in [2.24, 2.45) is 0 Å². The van der Waals surface area contributed by atoms with Gasteiger partial charge >= 0.3 is 0 Å². The van der Waals surface area contributed by atoms with Crippen LogP contribution in [-0.2, 0) is 0 Å². The summed E-state index contributed by atoms with van der Waals surface area (Å²) in [5, 5.41) is 13.6. The molecule has 0 aliphatic carbocycles. The lowest BCUT2D eigenvalue weighted by Crippen LogP contribution is -2.12. The Balaban J connectivity index is 1.55. The zero-order valence-corrected chi connectivity index (χ0v) is 17.2. The zero-order chi connectivity index (χ0) is 21.3. The number of halogens is 1. The normalized spacial score (nSPS) is 10.9. The Morgan fingerprint density at radius 3 is 2.73 bits per heavy atom. The van der Waals surface area contributed by atoms with E-state index in [9.17, 15) is 9.90 Å². The average molecular weight is 423 g/mol. The summed E-state index contributed by atoms with van der Waals surface area (Å²) in [5.41, 5.74) is 3.67. The number of phenolic OH excluding ortho intramolecular Hbond substituents is 1. The van der Waals surface area contributed by atoms with Crippen molar-refractivity contribution in [1.82, 2.24) is 4.98 Å². The van der Waals surface area contributed by atoms with Crippen molar-refractivity contribution >= 4 is 34.3 Å². The maximum Gasteiger partial charge on any atom is 0.255 e. The summed E-state index contributed by atoms with van der Waals surface area (Å²) in [6, 6.07) is 15.3. The van der Waals surface area contributed by atoms with E-state index in [1.165, 1.54) is 12.1 Å². The number of nitrogens with zero attached hydrogens (tertiary/aromatic N) is 1. The molecule has 152 valence electrons. The van der Waals surface area contributed by atoms with Gasteiger partial charge in [0.2, 0.25) is 5.89 Å². The number of nitrogens with one attached hydrogen (secondary N) is 1. The molecule has 4 aromatic rings. The molecule has 30 heavy (non-hydrogen) atoms. The van der Waals surface area contributed by atoms with Crippen molar-refractivity contribution in [2.45, 2.75) is 13.8 Å². The molecular weight excluding hydrogens is 404 g/mol. The Morgan fingerprint density at radius 2 is 2.00 bits per heavy atom. The fraction of sp³-hybridized carbons (Fsp3) is 0.130. The number of hydrogen-bond acceptors (Lipinski definition) is 5. The minimum Gasteiger partial charge on any atom is -0.507 e. The molecule has 0 saturated heterocycles. The molecule has 0 unspecified atom stereocenters. The van der Waals surface area contributed by atoms with Gasteiger partial charge < -0.3 is 19.6 Å².